The molecule has 1 aliphatic rings. The second-order valence-corrected chi connectivity index (χ2v) is 6.79. The fraction of sp³-hybridized carbons (Fsp3) is 0.462. The topological polar surface area (TPSA) is 94.9 Å². The summed E-state index contributed by atoms with van der Waals surface area (Å²) in [7, 11) is -3.95. The van der Waals surface area contributed by atoms with Gasteiger partial charge in [0.2, 0.25) is 10.0 Å². The zero-order chi connectivity index (χ0) is 15.6. The number of aliphatic hydroxyl groups is 1. The molecule has 0 saturated carbocycles. The van der Waals surface area contributed by atoms with Crippen LogP contribution < -0.4 is 0 Å². The van der Waals surface area contributed by atoms with E-state index in [4.69, 9.17) is 5.11 Å². The Hall–Kier alpha value is -1.51. The highest BCUT2D eigenvalue weighted by molar-refractivity contribution is 7.89. The maximum absolute atomic E-state index is 13.4. The largest absolute Gasteiger partial charge is 0.478 e. The minimum atomic E-state index is -3.95. The van der Waals surface area contributed by atoms with E-state index in [1.54, 1.807) is 0 Å². The Balaban J connectivity index is 2.43. The fourth-order valence-electron chi connectivity index (χ4n) is 2.44. The van der Waals surface area contributed by atoms with Crippen LogP contribution in [0.3, 0.4) is 0 Å². The first-order valence-electron chi connectivity index (χ1n) is 6.53. The van der Waals surface area contributed by atoms with Crippen LogP contribution in [0.2, 0.25) is 0 Å². The molecule has 21 heavy (non-hydrogen) atoms. The number of aliphatic hydroxyl groups excluding tert-OH is 1. The first-order chi connectivity index (χ1) is 9.87. The molecule has 1 unspecified atom stereocenters. The SMILES string of the molecule is O=C(O)c1cc(S(=O)(=O)N2CCCCC2CO)ccc1F. The van der Waals surface area contributed by atoms with Gasteiger partial charge in [0.25, 0.3) is 0 Å². The molecule has 0 aromatic heterocycles. The zero-order valence-corrected chi connectivity index (χ0v) is 12.0. The normalized spacial score (nSPS) is 20.4. The summed E-state index contributed by atoms with van der Waals surface area (Å²) in [6.07, 6.45) is 2.03. The third kappa shape index (κ3) is 3.07. The van der Waals surface area contributed by atoms with Crippen molar-refractivity contribution < 1.29 is 27.8 Å². The lowest BCUT2D eigenvalue weighted by atomic mass is 10.1. The molecule has 0 bridgehead atoms. The van der Waals surface area contributed by atoms with Crippen molar-refractivity contribution in [1.29, 1.82) is 0 Å². The number of piperidine rings is 1. The van der Waals surface area contributed by atoms with Crippen LogP contribution >= 0.6 is 0 Å². The molecular weight excluding hydrogens is 301 g/mol. The van der Waals surface area contributed by atoms with Gasteiger partial charge >= 0.3 is 5.97 Å². The van der Waals surface area contributed by atoms with Gasteiger partial charge in [-0.05, 0) is 31.0 Å². The fourth-order valence-corrected chi connectivity index (χ4v) is 4.15. The first kappa shape index (κ1) is 15.9. The molecular formula is C13H16FNO5S. The molecule has 2 rings (SSSR count). The molecule has 0 radical (unpaired) electrons. The van der Waals surface area contributed by atoms with Gasteiger partial charge in [-0.3, -0.25) is 0 Å². The Morgan fingerprint density at radius 3 is 2.71 bits per heavy atom. The number of carboxylic acids is 1. The summed E-state index contributed by atoms with van der Waals surface area (Å²) in [5.74, 6) is -2.51. The lowest BCUT2D eigenvalue weighted by molar-refractivity contribution is 0.0691. The molecule has 1 heterocycles. The standard InChI is InChI=1S/C13H16FNO5S/c14-12-5-4-10(7-11(12)13(17)18)21(19,20)15-6-2-1-3-9(15)8-16/h4-5,7,9,16H,1-3,6,8H2,(H,17,18). The second kappa shape index (κ2) is 6.08. The average Bonchev–Trinajstić information content (AvgIpc) is 2.47. The van der Waals surface area contributed by atoms with Gasteiger partial charge in [-0.25, -0.2) is 17.6 Å². The molecule has 1 aromatic carbocycles. The molecule has 0 spiro atoms. The summed E-state index contributed by atoms with van der Waals surface area (Å²) >= 11 is 0. The van der Waals surface area contributed by atoms with Crippen LogP contribution in [0, 0.1) is 5.82 Å². The van der Waals surface area contributed by atoms with Gasteiger partial charge in [0.15, 0.2) is 0 Å². The highest BCUT2D eigenvalue weighted by Gasteiger charge is 2.33. The maximum Gasteiger partial charge on any atom is 0.338 e. The van der Waals surface area contributed by atoms with Crippen molar-refractivity contribution in [3.8, 4) is 0 Å². The number of sulfonamides is 1. The molecule has 116 valence electrons. The van der Waals surface area contributed by atoms with Crippen molar-refractivity contribution in [3.63, 3.8) is 0 Å². The number of benzene rings is 1. The molecule has 1 atom stereocenters. The van der Waals surface area contributed by atoms with E-state index in [0.717, 1.165) is 28.9 Å². The summed E-state index contributed by atoms with van der Waals surface area (Å²) in [5, 5.41) is 18.2. The van der Waals surface area contributed by atoms with Crippen LogP contribution in [-0.4, -0.2) is 48.1 Å². The van der Waals surface area contributed by atoms with E-state index in [2.05, 4.69) is 0 Å². The number of rotatable bonds is 4. The van der Waals surface area contributed by atoms with Crippen LogP contribution in [0.1, 0.15) is 29.6 Å². The van der Waals surface area contributed by atoms with Crippen molar-refractivity contribution in [2.24, 2.45) is 0 Å². The zero-order valence-electron chi connectivity index (χ0n) is 11.2. The Bertz CT molecular complexity index is 646. The summed E-state index contributed by atoms with van der Waals surface area (Å²) in [4.78, 5) is 10.6. The first-order valence-corrected chi connectivity index (χ1v) is 7.97. The summed E-state index contributed by atoms with van der Waals surface area (Å²) < 4.78 is 39.6. The van der Waals surface area contributed by atoms with E-state index >= 15 is 0 Å². The van der Waals surface area contributed by atoms with E-state index in [1.807, 2.05) is 0 Å². The van der Waals surface area contributed by atoms with Crippen molar-refractivity contribution >= 4 is 16.0 Å². The molecule has 1 fully saturated rings. The summed E-state index contributed by atoms with van der Waals surface area (Å²) in [5.41, 5.74) is -0.686. The molecule has 6 nitrogen and oxygen atoms in total. The predicted octanol–water partition coefficient (Wildman–Crippen LogP) is 1.06. The number of halogens is 1. The minimum absolute atomic E-state index is 0.257. The van der Waals surface area contributed by atoms with Gasteiger partial charge in [-0.2, -0.15) is 4.31 Å². The third-order valence-corrected chi connectivity index (χ3v) is 5.51. The third-order valence-electron chi connectivity index (χ3n) is 3.56. The van der Waals surface area contributed by atoms with E-state index in [1.165, 1.54) is 0 Å². The molecule has 0 aliphatic carbocycles. The lowest BCUT2D eigenvalue weighted by Gasteiger charge is -2.33. The van der Waals surface area contributed by atoms with Crippen molar-refractivity contribution in [2.75, 3.05) is 13.2 Å². The monoisotopic (exact) mass is 317 g/mol. The highest BCUT2D eigenvalue weighted by atomic mass is 32.2. The van der Waals surface area contributed by atoms with E-state index < -0.39 is 33.4 Å². The van der Waals surface area contributed by atoms with Crippen LogP contribution in [0.5, 0.6) is 0 Å². The van der Waals surface area contributed by atoms with Gasteiger partial charge in [-0.15, -0.1) is 0 Å². The number of aromatic carboxylic acids is 1. The molecule has 8 heteroatoms. The number of carbonyl (C=O) groups is 1. The van der Waals surface area contributed by atoms with Gasteiger partial charge < -0.3 is 10.2 Å². The van der Waals surface area contributed by atoms with Crippen LogP contribution in [-0.2, 0) is 10.0 Å². The summed E-state index contributed by atoms with van der Waals surface area (Å²) in [6, 6.07) is 2.16. The van der Waals surface area contributed by atoms with Crippen LogP contribution in [0.4, 0.5) is 4.39 Å². The second-order valence-electron chi connectivity index (χ2n) is 4.89. The van der Waals surface area contributed by atoms with E-state index in [9.17, 15) is 22.7 Å². The quantitative estimate of drug-likeness (QED) is 0.866. The number of hydrogen-bond donors (Lipinski definition) is 2. The Labute approximate surface area is 121 Å². The van der Waals surface area contributed by atoms with Gasteiger partial charge in [0, 0.05) is 12.6 Å². The lowest BCUT2D eigenvalue weighted by Crippen LogP contribution is -2.45. The van der Waals surface area contributed by atoms with E-state index in [-0.39, 0.29) is 18.0 Å². The summed E-state index contributed by atoms with van der Waals surface area (Å²) in [6.45, 7) is -0.0421. The van der Waals surface area contributed by atoms with Crippen LogP contribution in [0.25, 0.3) is 0 Å². The van der Waals surface area contributed by atoms with Crippen molar-refractivity contribution in [2.45, 2.75) is 30.2 Å². The molecule has 1 aromatic rings. The number of nitrogens with zero attached hydrogens (tertiary/aromatic N) is 1. The Morgan fingerprint density at radius 1 is 1.38 bits per heavy atom. The van der Waals surface area contributed by atoms with Crippen LogP contribution in [0.15, 0.2) is 23.1 Å². The van der Waals surface area contributed by atoms with Gasteiger partial charge in [0.05, 0.1) is 17.1 Å². The number of hydrogen-bond acceptors (Lipinski definition) is 4. The van der Waals surface area contributed by atoms with E-state index in [0.29, 0.717) is 12.8 Å². The average molecular weight is 317 g/mol. The number of carboxylic acid groups (broad SMARTS) is 1. The molecule has 1 saturated heterocycles. The smallest absolute Gasteiger partial charge is 0.338 e. The predicted molar refractivity (Wildman–Crippen MR) is 72.0 cm³/mol. The van der Waals surface area contributed by atoms with Gasteiger partial charge in [0.1, 0.15) is 5.82 Å². The molecule has 0 amide bonds. The Kier molecular flexibility index (Phi) is 4.60. The van der Waals surface area contributed by atoms with Crippen molar-refractivity contribution in [3.05, 3.63) is 29.6 Å². The molecule has 1 aliphatic heterocycles. The molecule has 2 N–H and O–H groups in total. The van der Waals surface area contributed by atoms with Crippen molar-refractivity contribution in [1.82, 2.24) is 4.31 Å². The minimum Gasteiger partial charge on any atom is -0.478 e. The Morgan fingerprint density at radius 2 is 2.10 bits per heavy atom. The van der Waals surface area contributed by atoms with Gasteiger partial charge in [-0.1, -0.05) is 6.42 Å². The maximum atomic E-state index is 13.4. The highest BCUT2D eigenvalue weighted by Crippen LogP contribution is 2.26.